The van der Waals surface area contributed by atoms with Crippen molar-refractivity contribution in [1.82, 2.24) is 4.90 Å². The second-order valence-electron chi connectivity index (χ2n) is 10.4. The van der Waals surface area contributed by atoms with Crippen molar-refractivity contribution in [3.8, 4) is 0 Å². The molecule has 0 heterocycles. The van der Waals surface area contributed by atoms with Crippen LogP contribution in [-0.4, -0.2) is 32.8 Å². The summed E-state index contributed by atoms with van der Waals surface area (Å²) in [6, 6.07) is 17.9. The van der Waals surface area contributed by atoms with Crippen LogP contribution in [0.15, 0.2) is 59.1 Å². The van der Waals surface area contributed by atoms with Crippen LogP contribution in [0.1, 0.15) is 70.0 Å². The lowest BCUT2D eigenvalue weighted by atomic mass is 9.52. The summed E-state index contributed by atoms with van der Waals surface area (Å²) in [5.74, 6) is 0. The van der Waals surface area contributed by atoms with Gasteiger partial charge in [0.25, 0.3) is 0 Å². The van der Waals surface area contributed by atoms with Crippen LogP contribution in [0.25, 0.3) is 0 Å². The van der Waals surface area contributed by atoms with Crippen molar-refractivity contribution in [1.29, 1.82) is 0 Å². The van der Waals surface area contributed by atoms with Crippen molar-refractivity contribution >= 4 is 22.0 Å². The lowest BCUT2D eigenvalue weighted by Gasteiger charge is -2.61. The van der Waals surface area contributed by atoms with E-state index in [0.29, 0.717) is 6.42 Å². The van der Waals surface area contributed by atoms with Gasteiger partial charge in [0, 0.05) is 15.4 Å². The van der Waals surface area contributed by atoms with Gasteiger partial charge in [-0.3, -0.25) is 4.90 Å². The maximum atomic E-state index is 12.8. The van der Waals surface area contributed by atoms with Gasteiger partial charge in [0.15, 0.2) is 0 Å². The Morgan fingerprint density at radius 2 is 1.61 bits per heavy atom. The predicted molar refractivity (Wildman–Crippen MR) is 126 cm³/mol. The SMILES string of the molecule is CC(C)(C)C(c1ccccc1)N(C(=O)O)C12CCC(c3ccc(Br)cc3)(CC1)C(O)C2. The molecule has 2 aromatic rings. The fraction of sp³-hybridized carbons (Fsp3) is 0.500. The molecular weight excluding hydrogens is 454 g/mol. The van der Waals surface area contributed by atoms with Gasteiger partial charge in [-0.25, -0.2) is 4.79 Å². The van der Waals surface area contributed by atoms with Gasteiger partial charge >= 0.3 is 6.09 Å². The minimum atomic E-state index is -0.894. The molecule has 2 atom stereocenters. The van der Waals surface area contributed by atoms with Crippen LogP contribution in [0.3, 0.4) is 0 Å². The molecule has 0 saturated heterocycles. The van der Waals surface area contributed by atoms with E-state index in [1.807, 2.05) is 42.5 Å². The van der Waals surface area contributed by atoms with E-state index in [4.69, 9.17) is 0 Å². The summed E-state index contributed by atoms with van der Waals surface area (Å²) in [6.45, 7) is 6.31. The molecule has 3 saturated carbocycles. The second kappa shape index (κ2) is 7.93. The number of halogens is 1. The maximum absolute atomic E-state index is 12.8. The van der Waals surface area contributed by atoms with Gasteiger partial charge in [0.05, 0.1) is 12.1 Å². The number of nitrogens with zero attached hydrogens (tertiary/aromatic N) is 1. The van der Waals surface area contributed by atoms with Crippen LogP contribution in [-0.2, 0) is 5.41 Å². The zero-order valence-corrected chi connectivity index (χ0v) is 20.1. The van der Waals surface area contributed by atoms with Gasteiger partial charge in [0.2, 0.25) is 0 Å². The average Bonchev–Trinajstić information content (AvgIpc) is 2.72. The molecule has 0 radical (unpaired) electrons. The molecule has 0 spiro atoms. The zero-order chi connectivity index (χ0) is 22.4. The summed E-state index contributed by atoms with van der Waals surface area (Å²) in [5, 5.41) is 21.9. The molecule has 0 aromatic heterocycles. The second-order valence-corrected chi connectivity index (χ2v) is 11.4. The Morgan fingerprint density at radius 3 is 2.10 bits per heavy atom. The molecular formula is C26H32BrNO3. The number of hydrogen-bond donors (Lipinski definition) is 2. The van der Waals surface area contributed by atoms with Gasteiger partial charge in [0.1, 0.15) is 0 Å². The van der Waals surface area contributed by atoms with Crippen LogP contribution < -0.4 is 0 Å². The molecule has 166 valence electrons. The first-order chi connectivity index (χ1) is 14.6. The molecule has 2 bridgehead atoms. The first kappa shape index (κ1) is 22.3. The quantitative estimate of drug-likeness (QED) is 0.517. The van der Waals surface area contributed by atoms with Crippen LogP contribution in [0.4, 0.5) is 4.79 Å². The molecule has 5 rings (SSSR count). The van der Waals surface area contributed by atoms with Crippen molar-refractivity contribution in [2.45, 2.75) is 76.0 Å². The molecule has 3 aliphatic rings. The smallest absolute Gasteiger partial charge is 0.408 e. The summed E-state index contributed by atoms with van der Waals surface area (Å²) >= 11 is 3.50. The summed E-state index contributed by atoms with van der Waals surface area (Å²) < 4.78 is 1.02. The molecule has 2 aromatic carbocycles. The van der Waals surface area contributed by atoms with Crippen molar-refractivity contribution in [3.05, 3.63) is 70.2 Å². The van der Waals surface area contributed by atoms with Crippen molar-refractivity contribution in [3.63, 3.8) is 0 Å². The van der Waals surface area contributed by atoms with Crippen LogP contribution in [0, 0.1) is 5.41 Å². The molecule has 3 aliphatic carbocycles. The molecule has 3 fully saturated rings. The minimum absolute atomic E-state index is 0.281. The van der Waals surface area contributed by atoms with Crippen molar-refractivity contribution < 1.29 is 15.0 Å². The third-order valence-electron chi connectivity index (χ3n) is 7.61. The Morgan fingerprint density at radius 1 is 1.03 bits per heavy atom. The number of benzene rings is 2. The van der Waals surface area contributed by atoms with Gasteiger partial charge < -0.3 is 10.2 Å². The highest BCUT2D eigenvalue weighted by Gasteiger charge is 2.59. The van der Waals surface area contributed by atoms with Gasteiger partial charge in [-0.1, -0.05) is 79.2 Å². The lowest BCUT2D eigenvalue weighted by Crippen LogP contribution is -2.66. The standard InChI is InChI=1S/C26H32BrNO3/c1-24(2,3)22(18-7-5-4-6-8-18)28(23(30)31)25-13-15-26(16-14-25,21(29)17-25)19-9-11-20(27)12-10-19/h4-12,21-22,29H,13-17H2,1-3H3,(H,30,31). The van der Waals surface area contributed by atoms with E-state index in [1.54, 1.807) is 4.90 Å². The van der Waals surface area contributed by atoms with E-state index in [9.17, 15) is 15.0 Å². The van der Waals surface area contributed by atoms with E-state index in [-0.39, 0.29) is 16.9 Å². The topological polar surface area (TPSA) is 60.8 Å². The normalized spacial score (nSPS) is 28.9. The number of aliphatic hydroxyl groups excluding tert-OH is 1. The largest absolute Gasteiger partial charge is 0.465 e. The highest BCUT2D eigenvalue weighted by atomic mass is 79.9. The van der Waals surface area contributed by atoms with Gasteiger partial charge in [-0.15, -0.1) is 0 Å². The van der Waals surface area contributed by atoms with Crippen LogP contribution >= 0.6 is 15.9 Å². The van der Waals surface area contributed by atoms with Crippen LogP contribution in [0.5, 0.6) is 0 Å². The Labute approximate surface area is 193 Å². The zero-order valence-electron chi connectivity index (χ0n) is 18.5. The molecule has 1 amide bonds. The minimum Gasteiger partial charge on any atom is -0.465 e. The highest BCUT2D eigenvalue weighted by Crippen LogP contribution is 2.58. The lowest BCUT2D eigenvalue weighted by molar-refractivity contribution is -0.113. The molecule has 4 nitrogen and oxygen atoms in total. The summed E-state index contributed by atoms with van der Waals surface area (Å²) in [5.41, 5.74) is 1.06. The highest BCUT2D eigenvalue weighted by molar-refractivity contribution is 9.10. The maximum Gasteiger partial charge on any atom is 0.408 e. The Balaban J connectivity index is 1.73. The number of fused-ring (bicyclic) bond motifs is 3. The van der Waals surface area contributed by atoms with Crippen LogP contribution in [0.2, 0.25) is 0 Å². The summed E-state index contributed by atoms with van der Waals surface area (Å²) in [4.78, 5) is 14.5. The first-order valence-corrected chi connectivity index (χ1v) is 11.9. The molecule has 2 N–H and O–H groups in total. The van der Waals surface area contributed by atoms with Gasteiger partial charge in [-0.2, -0.15) is 0 Å². The molecule has 2 unspecified atom stereocenters. The fourth-order valence-corrected chi connectivity index (χ4v) is 6.38. The Kier molecular flexibility index (Phi) is 5.72. The number of amides is 1. The number of rotatable bonds is 4. The van der Waals surface area contributed by atoms with E-state index in [0.717, 1.165) is 41.3 Å². The van der Waals surface area contributed by atoms with Crippen molar-refractivity contribution in [2.75, 3.05) is 0 Å². The summed E-state index contributed by atoms with van der Waals surface area (Å²) in [6.07, 6.45) is 2.16. The molecule has 31 heavy (non-hydrogen) atoms. The monoisotopic (exact) mass is 485 g/mol. The van der Waals surface area contributed by atoms with E-state index in [1.165, 1.54) is 0 Å². The Hall–Kier alpha value is -1.85. The fourth-order valence-electron chi connectivity index (χ4n) is 6.12. The van der Waals surface area contributed by atoms with Gasteiger partial charge in [-0.05, 0) is 60.8 Å². The average molecular weight is 486 g/mol. The summed E-state index contributed by atoms with van der Waals surface area (Å²) in [7, 11) is 0. The Bertz CT molecular complexity index is 927. The number of aliphatic hydroxyl groups is 1. The third kappa shape index (κ3) is 3.80. The number of carboxylic acid groups (broad SMARTS) is 1. The van der Waals surface area contributed by atoms with E-state index in [2.05, 4.69) is 48.8 Å². The first-order valence-electron chi connectivity index (χ1n) is 11.1. The third-order valence-corrected chi connectivity index (χ3v) is 8.14. The van der Waals surface area contributed by atoms with E-state index >= 15 is 0 Å². The molecule has 5 heteroatoms. The van der Waals surface area contributed by atoms with E-state index < -0.39 is 17.7 Å². The predicted octanol–water partition coefficient (Wildman–Crippen LogP) is 6.53. The number of carbonyl (C=O) groups is 1. The van der Waals surface area contributed by atoms with Crippen molar-refractivity contribution in [2.24, 2.45) is 5.41 Å². The molecule has 0 aliphatic heterocycles. The number of hydrogen-bond acceptors (Lipinski definition) is 2.